The summed E-state index contributed by atoms with van der Waals surface area (Å²) in [5.41, 5.74) is 0.715. The standard InChI is InChI=1S/C15H16FN3OS2/c16-11-1-3-12(4-2-11)19(13-5-8-21-9-6-13)15(20)18-14-17-7-10-22-14/h1-4,7,10,13H,5-6,8-9H2,(H,17,18,20). The van der Waals surface area contributed by atoms with E-state index in [1.54, 1.807) is 23.2 Å². The molecule has 0 spiro atoms. The third-order valence-electron chi connectivity index (χ3n) is 3.53. The highest BCUT2D eigenvalue weighted by atomic mass is 32.2. The van der Waals surface area contributed by atoms with Crippen LogP contribution in [0.5, 0.6) is 0 Å². The first-order valence-electron chi connectivity index (χ1n) is 7.07. The van der Waals surface area contributed by atoms with Crippen molar-refractivity contribution < 1.29 is 9.18 Å². The van der Waals surface area contributed by atoms with Crippen LogP contribution < -0.4 is 10.2 Å². The number of aromatic nitrogens is 1. The van der Waals surface area contributed by atoms with Crippen molar-refractivity contribution in [3.8, 4) is 0 Å². The number of anilines is 2. The lowest BCUT2D eigenvalue weighted by Gasteiger charge is -2.34. The zero-order chi connectivity index (χ0) is 15.4. The van der Waals surface area contributed by atoms with Gasteiger partial charge in [-0.1, -0.05) is 0 Å². The molecule has 2 aromatic rings. The third-order valence-corrected chi connectivity index (χ3v) is 5.26. The van der Waals surface area contributed by atoms with Crippen LogP contribution in [0.1, 0.15) is 12.8 Å². The van der Waals surface area contributed by atoms with Crippen molar-refractivity contribution in [2.45, 2.75) is 18.9 Å². The summed E-state index contributed by atoms with van der Waals surface area (Å²) >= 11 is 3.28. The third kappa shape index (κ3) is 3.59. The molecule has 1 aliphatic rings. The Balaban J connectivity index is 1.84. The lowest BCUT2D eigenvalue weighted by Crippen LogP contribution is -2.45. The summed E-state index contributed by atoms with van der Waals surface area (Å²) in [7, 11) is 0. The predicted octanol–water partition coefficient (Wildman–Crippen LogP) is 4.22. The van der Waals surface area contributed by atoms with Gasteiger partial charge in [0, 0.05) is 23.3 Å². The molecular formula is C15H16FN3OS2. The maximum atomic E-state index is 13.2. The second-order valence-electron chi connectivity index (χ2n) is 4.96. The molecular weight excluding hydrogens is 321 g/mol. The predicted molar refractivity (Wildman–Crippen MR) is 90.4 cm³/mol. The van der Waals surface area contributed by atoms with Crippen molar-refractivity contribution in [1.82, 2.24) is 4.98 Å². The number of hydrogen-bond donors (Lipinski definition) is 1. The molecule has 0 bridgehead atoms. The van der Waals surface area contributed by atoms with Crippen LogP contribution >= 0.6 is 23.1 Å². The van der Waals surface area contributed by atoms with Gasteiger partial charge < -0.3 is 0 Å². The fraction of sp³-hybridized carbons (Fsp3) is 0.333. The number of carbonyl (C=O) groups is 1. The number of urea groups is 1. The average molecular weight is 337 g/mol. The Morgan fingerprint density at radius 2 is 2.00 bits per heavy atom. The number of benzene rings is 1. The number of amides is 2. The highest BCUT2D eigenvalue weighted by Gasteiger charge is 2.27. The van der Waals surface area contributed by atoms with E-state index in [1.165, 1.54) is 23.5 Å². The molecule has 1 N–H and O–H groups in total. The summed E-state index contributed by atoms with van der Waals surface area (Å²) in [4.78, 5) is 18.5. The van der Waals surface area contributed by atoms with E-state index in [-0.39, 0.29) is 17.9 Å². The van der Waals surface area contributed by atoms with Gasteiger partial charge in [0.15, 0.2) is 5.13 Å². The molecule has 0 atom stereocenters. The van der Waals surface area contributed by atoms with Gasteiger partial charge in [-0.05, 0) is 48.6 Å². The number of thiazole rings is 1. The summed E-state index contributed by atoms with van der Waals surface area (Å²) in [6.07, 6.45) is 3.53. The smallest absolute Gasteiger partial charge is 0.291 e. The van der Waals surface area contributed by atoms with Gasteiger partial charge in [-0.3, -0.25) is 10.2 Å². The Kier molecular flexibility index (Phi) is 4.94. The normalized spacial score (nSPS) is 15.5. The molecule has 1 aliphatic heterocycles. The van der Waals surface area contributed by atoms with E-state index in [4.69, 9.17) is 0 Å². The van der Waals surface area contributed by atoms with E-state index in [2.05, 4.69) is 10.3 Å². The van der Waals surface area contributed by atoms with E-state index in [1.807, 2.05) is 17.1 Å². The van der Waals surface area contributed by atoms with Gasteiger partial charge in [0.05, 0.1) is 0 Å². The first kappa shape index (κ1) is 15.3. The largest absolute Gasteiger partial charge is 0.328 e. The Bertz CT molecular complexity index is 612. The molecule has 7 heteroatoms. The topological polar surface area (TPSA) is 45.2 Å². The Hall–Kier alpha value is -1.60. The second kappa shape index (κ2) is 7.11. The summed E-state index contributed by atoms with van der Waals surface area (Å²) < 4.78 is 13.2. The molecule has 0 radical (unpaired) electrons. The Labute approximate surface area is 136 Å². The van der Waals surface area contributed by atoms with Crippen LogP contribution in [0.3, 0.4) is 0 Å². The summed E-state index contributed by atoms with van der Waals surface area (Å²) in [5.74, 6) is 1.77. The van der Waals surface area contributed by atoms with Crippen LogP contribution in [0.25, 0.3) is 0 Å². The number of hydrogen-bond acceptors (Lipinski definition) is 4. The van der Waals surface area contributed by atoms with Crippen molar-refractivity contribution in [1.29, 1.82) is 0 Å². The molecule has 4 nitrogen and oxygen atoms in total. The Morgan fingerprint density at radius 3 is 2.64 bits per heavy atom. The van der Waals surface area contributed by atoms with Gasteiger partial charge in [0.25, 0.3) is 0 Å². The minimum Gasteiger partial charge on any atom is -0.291 e. The van der Waals surface area contributed by atoms with Gasteiger partial charge >= 0.3 is 6.03 Å². The number of carbonyl (C=O) groups excluding carboxylic acids is 1. The highest BCUT2D eigenvalue weighted by Crippen LogP contribution is 2.28. The first-order valence-corrected chi connectivity index (χ1v) is 9.10. The quantitative estimate of drug-likeness (QED) is 0.912. The van der Waals surface area contributed by atoms with E-state index in [0.29, 0.717) is 10.8 Å². The lowest BCUT2D eigenvalue weighted by molar-refractivity contribution is 0.254. The number of nitrogens with one attached hydrogen (secondary N) is 1. The molecule has 0 unspecified atom stereocenters. The van der Waals surface area contributed by atoms with E-state index in [9.17, 15) is 9.18 Å². The molecule has 1 aromatic carbocycles. The van der Waals surface area contributed by atoms with Gasteiger partial charge in [-0.25, -0.2) is 14.2 Å². The zero-order valence-electron chi connectivity index (χ0n) is 11.9. The highest BCUT2D eigenvalue weighted by molar-refractivity contribution is 7.99. The van der Waals surface area contributed by atoms with E-state index < -0.39 is 0 Å². The van der Waals surface area contributed by atoms with Gasteiger partial charge in [0.1, 0.15) is 5.82 Å². The average Bonchev–Trinajstić information content (AvgIpc) is 3.03. The number of halogens is 1. The summed E-state index contributed by atoms with van der Waals surface area (Å²) in [6.45, 7) is 0. The first-order chi connectivity index (χ1) is 10.7. The fourth-order valence-electron chi connectivity index (χ4n) is 2.48. The van der Waals surface area contributed by atoms with Crippen LogP contribution in [0.4, 0.5) is 20.0 Å². The minimum atomic E-state index is -0.303. The number of nitrogens with zero attached hydrogens (tertiary/aromatic N) is 2. The molecule has 1 fully saturated rings. The second-order valence-corrected chi connectivity index (χ2v) is 7.08. The Morgan fingerprint density at radius 1 is 1.27 bits per heavy atom. The summed E-state index contributed by atoms with van der Waals surface area (Å²) in [6, 6.07) is 6.00. The number of rotatable bonds is 3. The lowest BCUT2D eigenvalue weighted by atomic mass is 10.1. The monoisotopic (exact) mass is 337 g/mol. The van der Waals surface area contributed by atoms with Crippen LogP contribution in [0.15, 0.2) is 35.8 Å². The zero-order valence-corrected chi connectivity index (χ0v) is 13.5. The molecule has 2 amide bonds. The molecule has 3 rings (SSSR count). The maximum absolute atomic E-state index is 13.2. The van der Waals surface area contributed by atoms with Gasteiger partial charge in [-0.2, -0.15) is 11.8 Å². The van der Waals surface area contributed by atoms with Gasteiger partial charge in [0.2, 0.25) is 0 Å². The summed E-state index contributed by atoms with van der Waals surface area (Å²) in [5, 5.41) is 5.21. The molecule has 116 valence electrons. The van der Waals surface area contributed by atoms with Crippen LogP contribution in [0.2, 0.25) is 0 Å². The van der Waals surface area contributed by atoms with Crippen molar-refractivity contribution in [2.24, 2.45) is 0 Å². The molecule has 22 heavy (non-hydrogen) atoms. The maximum Gasteiger partial charge on any atom is 0.328 e. The van der Waals surface area contributed by atoms with Crippen molar-refractivity contribution >= 4 is 39.9 Å². The van der Waals surface area contributed by atoms with Crippen molar-refractivity contribution in [3.63, 3.8) is 0 Å². The molecule has 2 heterocycles. The molecule has 1 saturated heterocycles. The minimum absolute atomic E-state index is 0.131. The van der Waals surface area contributed by atoms with E-state index in [0.717, 1.165) is 24.3 Å². The van der Waals surface area contributed by atoms with E-state index >= 15 is 0 Å². The number of thioether (sulfide) groups is 1. The van der Waals surface area contributed by atoms with Crippen molar-refractivity contribution in [3.05, 3.63) is 41.7 Å². The SMILES string of the molecule is O=C(Nc1nccs1)N(c1ccc(F)cc1)C1CCSCC1. The van der Waals surface area contributed by atoms with Gasteiger partial charge in [-0.15, -0.1) is 11.3 Å². The van der Waals surface area contributed by atoms with Crippen molar-refractivity contribution in [2.75, 3.05) is 21.7 Å². The molecule has 1 aromatic heterocycles. The fourth-order valence-corrected chi connectivity index (χ4v) is 4.08. The van der Waals surface area contributed by atoms with Crippen LogP contribution in [-0.4, -0.2) is 28.6 Å². The van der Waals surface area contributed by atoms with Crippen LogP contribution in [-0.2, 0) is 0 Å². The molecule has 0 aliphatic carbocycles. The van der Waals surface area contributed by atoms with Crippen LogP contribution in [0, 0.1) is 5.82 Å². The molecule has 0 saturated carbocycles.